The molecule has 0 bridgehead atoms. The van der Waals surface area contributed by atoms with Crippen molar-refractivity contribution in [2.45, 2.75) is 37.3 Å². The first-order valence-electron chi connectivity index (χ1n) is 5.80. The van der Waals surface area contributed by atoms with Gasteiger partial charge in [-0.15, -0.1) is 0 Å². The minimum Gasteiger partial charge on any atom is -0.481 e. The molecule has 98 valence electrons. The van der Waals surface area contributed by atoms with Crippen LogP contribution in [0.1, 0.15) is 25.7 Å². The molecule has 1 aliphatic carbocycles. The molecule has 0 radical (unpaired) electrons. The van der Waals surface area contributed by atoms with Crippen molar-refractivity contribution < 1.29 is 14.7 Å². The lowest BCUT2D eigenvalue weighted by atomic mass is 9.75. The number of carbonyl (C=O) groups is 2. The molecule has 4 N–H and O–H groups in total. The Morgan fingerprint density at radius 1 is 1.47 bits per heavy atom. The van der Waals surface area contributed by atoms with E-state index >= 15 is 0 Å². The smallest absolute Gasteiger partial charge is 0.305 e. The Labute approximate surface area is 101 Å². The van der Waals surface area contributed by atoms with E-state index in [2.05, 4.69) is 10.2 Å². The highest BCUT2D eigenvalue weighted by Crippen LogP contribution is 2.35. The van der Waals surface area contributed by atoms with Gasteiger partial charge in [-0.25, -0.2) is 0 Å². The highest BCUT2D eigenvalue weighted by molar-refractivity contribution is 5.85. The van der Waals surface area contributed by atoms with E-state index in [-0.39, 0.29) is 17.9 Å². The van der Waals surface area contributed by atoms with Crippen molar-refractivity contribution >= 4 is 11.9 Å². The van der Waals surface area contributed by atoms with Gasteiger partial charge in [-0.05, 0) is 33.4 Å². The molecule has 6 heteroatoms. The zero-order chi connectivity index (χ0) is 13.1. The molecule has 0 aromatic heterocycles. The third-order valence-corrected chi connectivity index (χ3v) is 3.56. The predicted octanol–water partition coefficient (Wildman–Crippen LogP) is -0.611. The molecule has 0 saturated heterocycles. The second-order valence-corrected chi connectivity index (χ2v) is 4.89. The predicted molar refractivity (Wildman–Crippen MR) is 63.5 cm³/mol. The molecule has 1 amide bonds. The van der Waals surface area contributed by atoms with Gasteiger partial charge in [-0.2, -0.15) is 0 Å². The lowest BCUT2D eigenvalue weighted by Gasteiger charge is -2.47. The maximum atomic E-state index is 11.6. The molecule has 6 nitrogen and oxygen atoms in total. The van der Waals surface area contributed by atoms with Crippen LogP contribution in [0, 0.1) is 0 Å². The first-order chi connectivity index (χ1) is 7.87. The molecule has 1 aliphatic rings. The van der Waals surface area contributed by atoms with Crippen molar-refractivity contribution in [1.29, 1.82) is 0 Å². The van der Waals surface area contributed by atoms with Crippen LogP contribution < -0.4 is 11.1 Å². The number of amides is 1. The SMILES string of the molecule is CN(C)C1(CNC(=O)C(N)CC(=O)O)CCC1. The van der Waals surface area contributed by atoms with Crippen LogP contribution in [0.15, 0.2) is 0 Å². The number of rotatable bonds is 6. The van der Waals surface area contributed by atoms with Crippen LogP contribution >= 0.6 is 0 Å². The number of carbonyl (C=O) groups excluding carboxylic acids is 1. The number of carboxylic acids is 1. The van der Waals surface area contributed by atoms with Gasteiger partial charge < -0.3 is 21.1 Å². The lowest BCUT2D eigenvalue weighted by molar-refractivity contribution is -0.139. The number of hydrogen-bond acceptors (Lipinski definition) is 4. The van der Waals surface area contributed by atoms with E-state index in [1.165, 1.54) is 0 Å². The van der Waals surface area contributed by atoms with Crippen molar-refractivity contribution in [1.82, 2.24) is 10.2 Å². The van der Waals surface area contributed by atoms with Crippen molar-refractivity contribution in [3.63, 3.8) is 0 Å². The third kappa shape index (κ3) is 3.41. The van der Waals surface area contributed by atoms with E-state index in [0.29, 0.717) is 6.54 Å². The Morgan fingerprint density at radius 3 is 2.41 bits per heavy atom. The van der Waals surface area contributed by atoms with Gasteiger partial charge in [0, 0.05) is 12.1 Å². The van der Waals surface area contributed by atoms with Crippen LogP contribution in [0.2, 0.25) is 0 Å². The van der Waals surface area contributed by atoms with Gasteiger partial charge in [-0.3, -0.25) is 9.59 Å². The number of aliphatic carboxylic acids is 1. The van der Waals surface area contributed by atoms with E-state index in [0.717, 1.165) is 19.3 Å². The largest absolute Gasteiger partial charge is 0.481 e. The second kappa shape index (κ2) is 5.46. The number of nitrogens with two attached hydrogens (primary N) is 1. The lowest BCUT2D eigenvalue weighted by Crippen LogP contribution is -2.58. The molecule has 0 aromatic rings. The first kappa shape index (κ1) is 13.9. The number of carboxylic acid groups (broad SMARTS) is 1. The fourth-order valence-electron chi connectivity index (χ4n) is 2.03. The molecule has 1 atom stereocenters. The van der Waals surface area contributed by atoms with E-state index in [1.807, 2.05) is 14.1 Å². The van der Waals surface area contributed by atoms with Gasteiger partial charge in [0.15, 0.2) is 0 Å². The Hall–Kier alpha value is -1.14. The second-order valence-electron chi connectivity index (χ2n) is 4.89. The minimum atomic E-state index is -1.06. The summed E-state index contributed by atoms with van der Waals surface area (Å²) >= 11 is 0. The molecule has 1 fully saturated rings. The molecule has 17 heavy (non-hydrogen) atoms. The molecular formula is C11H21N3O3. The summed E-state index contributed by atoms with van der Waals surface area (Å²) in [6, 6.07) is -0.966. The van der Waals surface area contributed by atoms with E-state index in [4.69, 9.17) is 10.8 Å². The monoisotopic (exact) mass is 243 g/mol. The summed E-state index contributed by atoms with van der Waals surface area (Å²) in [5.41, 5.74) is 5.50. The van der Waals surface area contributed by atoms with E-state index in [9.17, 15) is 9.59 Å². The standard InChI is InChI=1S/C11H21N3O3/c1-14(2)11(4-3-5-11)7-13-10(17)8(12)6-9(15)16/h8H,3-7,12H2,1-2H3,(H,13,17)(H,15,16). The Bertz CT molecular complexity index is 300. The van der Waals surface area contributed by atoms with Crippen LogP contribution in [-0.2, 0) is 9.59 Å². The summed E-state index contributed by atoms with van der Waals surface area (Å²) in [5, 5.41) is 11.3. The summed E-state index contributed by atoms with van der Waals surface area (Å²) in [6.07, 6.45) is 2.93. The van der Waals surface area contributed by atoms with Crippen molar-refractivity contribution in [2.24, 2.45) is 5.73 Å². The van der Waals surface area contributed by atoms with Crippen molar-refractivity contribution in [3.8, 4) is 0 Å². The molecule has 0 aromatic carbocycles. The number of likely N-dealkylation sites (N-methyl/N-ethyl adjacent to an activating group) is 1. The van der Waals surface area contributed by atoms with E-state index < -0.39 is 12.0 Å². The average Bonchev–Trinajstić information content (AvgIpc) is 2.13. The zero-order valence-corrected chi connectivity index (χ0v) is 10.4. The van der Waals surface area contributed by atoms with Crippen LogP contribution in [-0.4, -0.2) is 54.1 Å². The van der Waals surface area contributed by atoms with Gasteiger partial charge in [0.25, 0.3) is 0 Å². The highest BCUT2D eigenvalue weighted by Gasteiger charge is 2.39. The Kier molecular flexibility index (Phi) is 4.47. The quantitative estimate of drug-likeness (QED) is 0.578. The van der Waals surface area contributed by atoms with E-state index in [1.54, 1.807) is 0 Å². The zero-order valence-electron chi connectivity index (χ0n) is 10.4. The minimum absolute atomic E-state index is 0.0264. The maximum absolute atomic E-state index is 11.6. The summed E-state index contributed by atoms with van der Waals surface area (Å²) < 4.78 is 0. The molecule has 0 spiro atoms. The third-order valence-electron chi connectivity index (χ3n) is 3.56. The van der Waals surface area contributed by atoms with Gasteiger partial charge in [-0.1, -0.05) is 0 Å². The van der Waals surface area contributed by atoms with Crippen LogP contribution in [0.5, 0.6) is 0 Å². The number of nitrogens with zero attached hydrogens (tertiary/aromatic N) is 1. The maximum Gasteiger partial charge on any atom is 0.305 e. The molecule has 0 aliphatic heterocycles. The summed E-state index contributed by atoms with van der Waals surface area (Å²) in [5.74, 6) is -1.45. The number of nitrogens with one attached hydrogen (secondary N) is 1. The molecule has 0 heterocycles. The molecular weight excluding hydrogens is 222 g/mol. The summed E-state index contributed by atoms with van der Waals surface area (Å²) in [4.78, 5) is 24.1. The molecule has 1 rings (SSSR count). The summed E-state index contributed by atoms with van der Waals surface area (Å²) in [7, 11) is 3.98. The average molecular weight is 243 g/mol. The molecule has 1 unspecified atom stereocenters. The van der Waals surface area contributed by atoms with Crippen molar-refractivity contribution in [3.05, 3.63) is 0 Å². The normalized spacial score (nSPS) is 19.5. The van der Waals surface area contributed by atoms with Crippen LogP contribution in [0.4, 0.5) is 0 Å². The molecule has 1 saturated carbocycles. The number of hydrogen-bond donors (Lipinski definition) is 3. The van der Waals surface area contributed by atoms with Gasteiger partial charge in [0.05, 0.1) is 12.5 Å². The topological polar surface area (TPSA) is 95.7 Å². The van der Waals surface area contributed by atoms with Crippen LogP contribution in [0.3, 0.4) is 0 Å². The first-order valence-corrected chi connectivity index (χ1v) is 5.80. The van der Waals surface area contributed by atoms with Gasteiger partial charge >= 0.3 is 5.97 Å². The van der Waals surface area contributed by atoms with Gasteiger partial charge in [0.1, 0.15) is 0 Å². The van der Waals surface area contributed by atoms with Crippen LogP contribution in [0.25, 0.3) is 0 Å². The van der Waals surface area contributed by atoms with Gasteiger partial charge in [0.2, 0.25) is 5.91 Å². The van der Waals surface area contributed by atoms with Crippen molar-refractivity contribution in [2.75, 3.05) is 20.6 Å². The fraction of sp³-hybridized carbons (Fsp3) is 0.818. The highest BCUT2D eigenvalue weighted by atomic mass is 16.4. The Morgan fingerprint density at radius 2 is 2.06 bits per heavy atom. The Balaban J connectivity index is 2.39. The fourth-order valence-corrected chi connectivity index (χ4v) is 2.03. The summed E-state index contributed by atoms with van der Waals surface area (Å²) in [6.45, 7) is 0.534.